The van der Waals surface area contributed by atoms with Crippen LogP contribution in [0.4, 0.5) is 0 Å². The molecule has 0 saturated carbocycles. The molecule has 23 heavy (non-hydrogen) atoms. The standard InChI is InChI=1S/C21H32O2/c1-17(2)10-7-11-18(3)12-8-13-19(4)14-9-15-20(5)16-21(22)23-6/h9-10,12,14-16H,7-8,11,13H2,1-6H3. The predicted molar refractivity (Wildman–Crippen MR) is 100 cm³/mol. The summed E-state index contributed by atoms with van der Waals surface area (Å²) in [5, 5.41) is 0. The molecule has 0 aliphatic rings. The summed E-state index contributed by atoms with van der Waals surface area (Å²) < 4.78 is 4.59. The minimum atomic E-state index is -0.318. The summed E-state index contributed by atoms with van der Waals surface area (Å²) in [5.41, 5.74) is 5.07. The van der Waals surface area contributed by atoms with E-state index in [1.54, 1.807) is 0 Å². The van der Waals surface area contributed by atoms with Gasteiger partial charge in [-0.3, -0.25) is 0 Å². The number of methoxy groups -OCH3 is 1. The number of carbonyl (C=O) groups is 1. The molecule has 0 heterocycles. The molecule has 0 N–H and O–H groups in total. The van der Waals surface area contributed by atoms with Crippen LogP contribution in [-0.2, 0) is 9.53 Å². The van der Waals surface area contributed by atoms with Crippen molar-refractivity contribution in [3.05, 3.63) is 58.7 Å². The van der Waals surface area contributed by atoms with E-state index in [1.165, 1.54) is 29.9 Å². The average Bonchev–Trinajstić information content (AvgIpc) is 2.46. The Morgan fingerprint density at radius 2 is 1.52 bits per heavy atom. The van der Waals surface area contributed by atoms with Gasteiger partial charge in [-0.25, -0.2) is 4.79 Å². The number of rotatable bonds is 9. The van der Waals surface area contributed by atoms with Gasteiger partial charge in [0, 0.05) is 6.08 Å². The first-order valence-electron chi connectivity index (χ1n) is 8.24. The molecule has 128 valence electrons. The highest BCUT2D eigenvalue weighted by Crippen LogP contribution is 2.11. The van der Waals surface area contributed by atoms with Gasteiger partial charge in [0.25, 0.3) is 0 Å². The van der Waals surface area contributed by atoms with Gasteiger partial charge in [0.1, 0.15) is 0 Å². The minimum Gasteiger partial charge on any atom is -0.466 e. The summed E-state index contributed by atoms with van der Waals surface area (Å²) in [6.07, 6.45) is 16.5. The summed E-state index contributed by atoms with van der Waals surface area (Å²) in [6, 6.07) is 0. The van der Waals surface area contributed by atoms with E-state index in [0.717, 1.165) is 31.3 Å². The molecule has 0 atom stereocenters. The van der Waals surface area contributed by atoms with Crippen LogP contribution in [-0.4, -0.2) is 13.1 Å². The highest BCUT2D eigenvalue weighted by atomic mass is 16.5. The van der Waals surface area contributed by atoms with Crippen molar-refractivity contribution in [2.24, 2.45) is 0 Å². The van der Waals surface area contributed by atoms with E-state index in [1.807, 2.05) is 19.1 Å². The van der Waals surface area contributed by atoms with Gasteiger partial charge in [-0.15, -0.1) is 0 Å². The van der Waals surface area contributed by atoms with Crippen LogP contribution in [0.15, 0.2) is 58.7 Å². The van der Waals surface area contributed by atoms with E-state index in [2.05, 4.69) is 50.7 Å². The van der Waals surface area contributed by atoms with E-state index in [4.69, 9.17) is 0 Å². The monoisotopic (exact) mass is 316 g/mol. The Bertz CT molecular complexity index is 510. The van der Waals surface area contributed by atoms with Gasteiger partial charge in [0.2, 0.25) is 0 Å². The molecule has 0 unspecified atom stereocenters. The first-order valence-corrected chi connectivity index (χ1v) is 8.24. The fourth-order valence-electron chi connectivity index (χ4n) is 1.98. The van der Waals surface area contributed by atoms with Crippen LogP contribution in [0.1, 0.15) is 60.3 Å². The van der Waals surface area contributed by atoms with Gasteiger partial charge < -0.3 is 4.74 Å². The molecule has 2 nitrogen and oxygen atoms in total. The zero-order valence-electron chi connectivity index (χ0n) is 15.6. The molecular formula is C21H32O2. The van der Waals surface area contributed by atoms with Gasteiger partial charge in [-0.05, 0) is 65.9 Å². The molecule has 0 amide bonds. The maximum Gasteiger partial charge on any atom is 0.330 e. The third-order valence-corrected chi connectivity index (χ3v) is 3.41. The third kappa shape index (κ3) is 13.5. The molecule has 0 saturated heterocycles. The van der Waals surface area contributed by atoms with Crippen molar-refractivity contribution in [1.82, 2.24) is 0 Å². The summed E-state index contributed by atoms with van der Waals surface area (Å²) in [6.45, 7) is 10.5. The van der Waals surface area contributed by atoms with Crippen molar-refractivity contribution in [3.8, 4) is 0 Å². The SMILES string of the molecule is COC(=O)C=C(C)C=CC=C(C)CCC=C(C)CCC=C(C)C. The first kappa shape index (κ1) is 21.2. The van der Waals surface area contributed by atoms with Crippen molar-refractivity contribution in [3.63, 3.8) is 0 Å². The molecule has 2 heteroatoms. The molecule has 0 aliphatic carbocycles. The van der Waals surface area contributed by atoms with E-state index in [0.29, 0.717) is 0 Å². The van der Waals surface area contributed by atoms with Gasteiger partial charge in [0.05, 0.1) is 7.11 Å². The summed E-state index contributed by atoms with van der Waals surface area (Å²) in [5.74, 6) is -0.318. The van der Waals surface area contributed by atoms with Crippen molar-refractivity contribution in [1.29, 1.82) is 0 Å². The Morgan fingerprint density at radius 3 is 2.13 bits per heavy atom. The Morgan fingerprint density at radius 1 is 0.913 bits per heavy atom. The fourth-order valence-corrected chi connectivity index (χ4v) is 1.98. The number of carbonyl (C=O) groups excluding carboxylic acids is 1. The van der Waals surface area contributed by atoms with Crippen molar-refractivity contribution in [2.45, 2.75) is 60.3 Å². The molecule has 0 bridgehead atoms. The van der Waals surface area contributed by atoms with Crippen LogP contribution < -0.4 is 0 Å². The smallest absolute Gasteiger partial charge is 0.330 e. The molecule has 0 spiro atoms. The van der Waals surface area contributed by atoms with Crippen molar-refractivity contribution >= 4 is 5.97 Å². The molecule has 0 radical (unpaired) electrons. The fraction of sp³-hybridized carbons (Fsp3) is 0.476. The minimum absolute atomic E-state index is 0.318. The lowest BCUT2D eigenvalue weighted by Crippen LogP contribution is -1.94. The molecule has 0 aliphatic heterocycles. The maximum absolute atomic E-state index is 11.1. The summed E-state index contributed by atoms with van der Waals surface area (Å²) >= 11 is 0. The van der Waals surface area contributed by atoms with Gasteiger partial charge >= 0.3 is 5.97 Å². The van der Waals surface area contributed by atoms with Gasteiger partial charge in [-0.1, -0.05) is 47.1 Å². The highest BCUT2D eigenvalue weighted by Gasteiger charge is 1.93. The second kappa shape index (κ2) is 12.7. The largest absolute Gasteiger partial charge is 0.466 e. The number of allylic oxidation sites excluding steroid dienone is 9. The second-order valence-electron chi connectivity index (χ2n) is 6.19. The van der Waals surface area contributed by atoms with Gasteiger partial charge in [0.15, 0.2) is 0 Å². The summed E-state index contributed by atoms with van der Waals surface area (Å²) in [7, 11) is 1.38. The topological polar surface area (TPSA) is 26.3 Å². The second-order valence-corrected chi connectivity index (χ2v) is 6.19. The predicted octanol–water partition coefficient (Wildman–Crippen LogP) is 6.08. The number of hydrogen-bond acceptors (Lipinski definition) is 2. The van der Waals surface area contributed by atoms with Crippen LogP contribution >= 0.6 is 0 Å². The van der Waals surface area contributed by atoms with E-state index >= 15 is 0 Å². The number of esters is 1. The van der Waals surface area contributed by atoms with Crippen LogP contribution in [0, 0.1) is 0 Å². The average molecular weight is 316 g/mol. The Kier molecular flexibility index (Phi) is 11.7. The van der Waals surface area contributed by atoms with E-state index < -0.39 is 0 Å². The lowest BCUT2D eigenvalue weighted by atomic mass is 10.1. The Balaban J connectivity index is 4.23. The Labute approximate surface area is 142 Å². The Hall–Kier alpha value is -1.83. The van der Waals surface area contributed by atoms with Crippen LogP contribution in [0.5, 0.6) is 0 Å². The quantitative estimate of drug-likeness (QED) is 0.223. The molecule has 0 fully saturated rings. The number of hydrogen-bond donors (Lipinski definition) is 0. The van der Waals surface area contributed by atoms with E-state index in [-0.39, 0.29) is 5.97 Å². The first-order chi connectivity index (χ1) is 10.8. The molecule has 0 aromatic heterocycles. The lowest BCUT2D eigenvalue weighted by Gasteiger charge is -2.00. The van der Waals surface area contributed by atoms with Crippen LogP contribution in [0.2, 0.25) is 0 Å². The normalized spacial score (nSPS) is 13.4. The van der Waals surface area contributed by atoms with Crippen molar-refractivity contribution < 1.29 is 9.53 Å². The van der Waals surface area contributed by atoms with Crippen molar-refractivity contribution in [2.75, 3.05) is 7.11 Å². The van der Waals surface area contributed by atoms with Crippen LogP contribution in [0.25, 0.3) is 0 Å². The molecule has 0 aromatic rings. The summed E-state index contributed by atoms with van der Waals surface area (Å²) in [4.78, 5) is 11.1. The lowest BCUT2D eigenvalue weighted by molar-refractivity contribution is -0.134. The number of ether oxygens (including phenoxy) is 1. The van der Waals surface area contributed by atoms with Gasteiger partial charge in [-0.2, -0.15) is 0 Å². The van der Waals surface area contributed by atoms with E-state index in [9.17, 15) is 4.79 Å². The zero-order valence-corrected chi connectivity index (χ0v) is 15.6. The van der Waals surface area contributed by atoms with Crippen LogP contribution in [0.3, 0.4) is 0 Å². The third-order valence-electron chi connectivity index (χ3n) is 3.41. The molecule has 0 aromatic carbocycles. The zero-order chi connectivity index (χ0) is 17.7. The molecular weight excluding hydrogens is 284 g/mol. The highest BCUT2D eigenvalue weighted by molar-refractivity contribution is 5.83. The maximum atomic E-state index is 11.1. The molecule has 0 rings (SSSR count).